The van der Waals surface area contributed by atoms with Gasteiger partial charge in [-0.25, -0.2) is 4.98 Å². The van der Waals surface area contributed by atoms with Crippen molar-refractivity contribution in [3.05, 3.63) is 40.8 Å². The van der Waals surface area contributed by atoms with Crippen LogP contribution in [0.5, 0.6) is 11.5 Å². The topological polar surface area (TPSA) is 61.7 Å². The maximum Gasteiger partial charge on any atom is 0.224 e. The van der Waals surface area contributed by atoms with Crippen molar-refractivity contribution in [1.29, 1.82) is 0 Å². The van der Waals surface area contributed by atoms with Crippen molar-refractivity contribution in [1.82, 2.24) is 14.9 Å². The summed E-state index contributed by atoms with van der Waals surface area (Å²) >= 11 is 11.9. The van der Waals surface area contributed by atoms with E-state index in [1.807, 2.05) is 0 Å². The van der Waals surface area contributed by atoms with Crippen LogP contribution in [0, 0.1) is 0 Å². The van der Waals surface area contributed by atoms with Gasteiger partial charge in [-0.2, -0.15) is 4.98 Å². The second-order valence-electron chi connectivity index (χ2n) is 5.44. The standard InChI is InChI=1S/C16H18Cl2N4O2/c17-12-1-3-13(4-2-12)24-14-11-19-16(18)20-15(14)22-7-5-21(6-8-22)9-10-23/h1-4,11,23H,5-10H2. The minimum atomic E-state index is 0.171. The van der Waals surface area contributed by atoms with Gasteiger partial charge in [0.2, 0.25) is 5.28 Å². The van der Waals surface area contributed by atoms with Crippen LogP contribution >= 0.6 is 23.2 Å². The molecule has 0 radical (unpaired) electrons. The van der Waals surface area contributed by atoms with E-state index in [4.69, 9.17) is 33.0 Å². The van der Waals surface area contributed by atoms with Gasteiger partial charge in [0.05, 0.1) is 12.8 Å². The van der Waals surface area contributed by atoms with Gasteiger partial charge >= 0.3 is 0 Å². The first kappa shape index (κ1) is 17.2. The van der Waals surface area contributed by atoms with Crippen molar-refractivity contribution < 1.29 is 9.84 Å². The summed E-state index contributed by atoms with van der Waals surface area (Å²) in [6, 6.07) is 7.11. The SMILES string of the molecule is OCCN1CCN(c2nc(Cl)ncc2Oc2ccc(Cl)cc2)CC1. The Balaban J connectivity index is 1.77. The number of anilines is 1. The van der Waals surface area contributed by atoms with Crippen LogP contribution in [0.15, 0.2) is 30.5 Å². The number of ether oxygens (including phenoxy) is 1. The summed E-state index contributed by atoms with van der Waals surface area (Å²) in [5.74, 6) is 1.89. The van der Waals surface area contributed by atoms with E-state index >= 15 is 0 Å². The number of benzene rings is 1. The van der Waals surface area contributed by atoms with Gasteiger partial charge in [0.1, 0.15) is 5.75 Å². The average Bonchev–Trinajstić information content (AvgIpc) is 2.59. The predicted molar refractivity (Wildman–Crippen MR) is 94.3 cm³/mol. The number of aliphatic hydroxyl groups is 1. The van der Waals surface area contributed by atoms with E-state index in [1.165, 1.54) is 0 Å². The van der Waals surface area contributed by atoms with E-state index in [0.717, 1.165) is 26.2 Å². The van der Waals surface area contributed by atoms with Gasteiger partial charge in [0.25, 0.3) is 0 Å². The monoisotopic (exact) mass is 368 g/mol. The fourth-order valence-corrected chi connectivity index (χ4v) is 2.85. The number of rotatable bonds is 5. The summed E-state index contributed by atoms with van der Waals surface area (Å²) in [4.78, 5) is 12.7. The molecule has 0 aliphatic carbocycles. The number of halogens is 2. The Hall–Kier alpha value is -1.60. The first-order valence-electron chi connectivity index (χ1n) is 7.70. The zero-order chi connectivity index (χ0) is 16.9. The molecule has 1 aromatic carbocycles. The van der Waals surface area contributed by atoms with Crippen molar-refractivity contribution >= 4 is 29.0 Å². The lowest BCUT2D eigenvalue weighted by molar-refractivity contribution is 0.188. The van der Waals surface area contributed by atoms with Crippen molar-refractivity contribution in [2.24, 2.45) is 0 Å². The Morgan fingerprint density at radius 2 is 1.79 bits per heavy atom. The Morgan fingerprint density at radius 1 is 1.08 bits per heavy atom. The second kappa shape index (κ2) is 7.98. The highest BCUT2D eigenvalue weighted by atomic mass is 35.5. The number of nitrogens with zero attached hydrogens (tertiary/aromatic N) is 4. The zero-order valence-corrected chi connectivity index (χ0v) is 14.5. The molecule has 0 atom stereocenters. The molecule has 1 aliphatic rings. The van der Waals surface area contributed by atoms with Gasteiger partial charge < -0.3 is 14.7 Å². The lowest BCUT2D eigenvalue weighted by Gasteiger charge is -2.35. The number of hydrogen-bond donors (Lipinski definition) is 1. The van der Waals surface area contributed by atoms with Crippen LogP contribution in [0.3, 0.4) is 0 Å². The fraction of sp³-hybridized carbons (Fsp3) is 0.375. The van der Waals surface area contributed by atoms with Crippen molar-refractivity contribution in [3.63, 3.8) is 0 Å². The number of β-amino-alcohol motifs (C(OH)–C–C–N with tert-alkyl or cyclic N) is 1. The molecule has 0 bridgehead atoms. The molecule has 24 heavy (non-hydrogen) atoms. The number of aromatic nitrogens is 2. The fourth-order valence-electron chi connectivity index (χ4n) is 2.59. The summed E-state index contributed by atoms with van der Waals surface area (Å²) in [5.41, 5.74) is 0. The molecule has 3 rings (SSSR count). The summed E-state index contributed by atoms with van der Waals surface area (Å²) in [7, 11) is 0. The van der Waals surface area contributed by atoms with E-state index < -0.39 is 0 Å². The molecule has 1 aromatic heterocycles. The lowest BCUT2D eigenvalue weighted by atomic mass is 10.3. The number of piperazine rings is 1. The normalized spacial score (nSPS) is 15.5. The maximum atomic E-state index is 9.04. The summed E-state index contributed by atoms with van der Waals surface area (Å²) in [6.07, 6.45) is 1.58. The molecule has 2 aromatic rings. The number of hydrogen-bond acceptors (Lipinski definition) is 6. The van der Waals surface area contributed by atoms with Crippen molar-refractivity contribution in [3.8, 4) is 11.5 Å². The molecular weight excluding hydrogens is 351 g/mol. The first-order valence-corrected chi connectivity index (χ1v) is 8.45. The van der Waals surface area contributed by atoms with Crippen LogP contribution in [0.4, 0.5) is 5.82 Å². The van der Waals surface area contributed by atoms with Crippen LogP contribution in [0.1, 0.15) is 0 Å². The van der Waals surface area contributed by atoms with E-state index in [9.17, 15) is 0 Å². The molecule has 1 N–H and O–H groups in total. The Labute approximate surface area is 150 Å². The van der Waals surface area contributed by atoms with Gasteiger partial charge in [-0.3, -0.25) is 4.90 Å². The maximum absolute atomic E-state index is 9.04. The Bertz CT molecular complexity index is 676. The predicted octanol–water partition coefficient (Wildman–Crippen LogP) is 2.69. The van der Waals surface area contributed by atoms with Crippen molar-refractivity contribution in [2.75, 3.05) is 44.2 Å². The van der Waals surface area contributed by atoms with E-state index in [-0.39, 0.29) is 11.9 Å². The molecule has 0 saturated carbocycles. The largest absolute Gasteiger partial charge is 0.452 e. The Kier molecular flexibility index (Phi) is 5.73. The molecule has 1 fully saturated rings. The average molecular weight is 369 g/mol. The van der Waals surface area contributed by atoms with E-state index in [1.54, 1.807) is 30.5 Å². The molecule has 1 aliphatic heterocycles. The Morgan fingerprint density at radius 3 is 2.46 bits per heavy atom. The van der Waals surface area contributed by atoms with Crippen LogP contribution in [0.2, 0.25) is 10.3 Å². The highest BCUT2D eigenvalue weighted by Gasteiger charge is 2.21. The van der Waals surface area contributed by atoms with Crippen LogP contribution in [-0.4, -0.2) is 59.3 Å². The molecular formula is C16H18Cl2N4O2. The number of aliphatic hydroxyl groups excluding tert-OH is 1. The molecule has 1 saturated heterocycles. The summed E-state index contributed by atoms with van der Waals surface area (Å²) in [5, 5.41) is 9.88. The van der Waals surface area contributed by atoms with Crippen LogP contribution in [-0.2, 0) is 0 Å². The summed E-state index contributed by atoms with van der Waals surface area (Å²) in [6.45, 7) is 4.12. The third-order valence-corrected chi connectivity index (χ3v) is 4.27. The first-order chi connectivity index (χ1) is 11.7. The summed E-state index contributed by atoms with van der Waals surface area (Å²) < 4.78 is 5.91. The van der Waals surface area contributed by atoms with Crippen molar-refractivity contribution in [2.45, 2.75) is 0 Å². The third kappa shape index (κ3) is 4.27. The van der Waals surface area contributed by atoms with E-state index in [0.29, 0.717) is 28.9 Å². The smallest absolute Gasteiger partial charge is 0.224 e. The van der Waals surface area contributed by atoms with Gasteiger partial charge in [0, 0.05) is 37.7 Å². The molecule has 6 nitrogen and oxygen atoms in total. The van der Waals surface area contributed by atoms with Crippen LogP contribution < -0.4 is 9.64 Å². The molecule has 8 heteroatoms. The zero-order valence-electron chi connectivity index (χ0n) is 13.0. The third-order valence-electron chi connectivity index (χ3n) is 3.84. The quantitative estimate of drug-likeness (QED) is 0.818. The minimum absolute atomic E-state index is 0.171. The van der Waals surface area contributed by atoms with Gasteiger partial charge in [0.15, 0.2) is 11.6 Å². The van der Waals surface area contributed by atoms with Gasteiger partial charge in [-0.05, 0) is 35.9 Å². The molecule has 128 valence electrons. The van der Waals surface area contributed by atoms with Gasteiger partial charge in [-0.1, -0.05) is 11.6 Å². The molecule has 0 amide bonds. The van der Waals surface area contributed by atoms with E-state index in [2.05, 4.69) is 19.8 Å². The molecule has 0 unspecified atom stereocenters. The molecule has 0 spiro atoms. The molecule has 2 heterocycles. The highest BCUT2D eigenvalue weighted by Crippen LogP contribution is 2.32. The lowest BCUT2D eigenvalue weighted by Crippen LogP contribution is -2.47. The van der Waals surface area contributed by atoms with Gasteiger partial charge in [-0.15, -0.1) is 0 Å². The minimum Gasteiger partial charge on any atom is -0.452 e. The second-order valence-corrected chi connectivity index (χ2v) is 6.21. The highest BCUT2D eigenvalue weighted by molar-refractivity contribution is 6.30. The van der Waals surface area contributed by atoms with Crippen LogP contribution in [0.25, 0.3) is 0 Å².